The first-order chi connectivity index (χ1) is 7.83. The van der Waals surface area contributed by atoms with E-state index in [0.29, 0.717) is 11.6 Å². The first kappa shape index (κ1) is 17.2. The molecule has 0 aromatic carbocycles. The number of halogens is 2. The van der Waals surface area contributed by atoms with Crippen molar-refractivity contribution < 1.29 is 4.79 Å². The molecule has 1 atom stereocenters. The maximum Gasteiger partial charge on any atom is 0.255 e. The van der Waals surface area contributed by atoms with Crippen molar-refractivity contribution in [2.24, 2.45) is 0 Å². The van der Waals surface area contributed by atoms with Gasteiger partial charge in [0.25, 0.3) is 5.91 Å². The number of nitrogens with one attached hydrogen (secondary N) is 1. The summed E-state index contributed by atoms with van der Waals surface area (Å²) in [5.41, 5.74) is 0.686. The first-order valence-corrected chi connectivity index (χ1v) is 5.68. The summed E-state index contributed by atoms with van der Waals surface area (Å²) in [6.45, 7) is 1.73. The standard InChI is InChI=1S/C12H17N3O.2ClH/c1-13-9-11-5-3-7-15(11)12(16)10-4-2-6-14-8-10;;/h2,4,6,8,11,13H,3,5,7,9H2,1H3;2*1H. The maximum atomic E-state index is 12.2. The van der Waals surface area contributed by atoms with E-state index in [2.05, 4.69) is 10.3 Å². The average Bonchev–Trinajstić information content (AvgIpc) is 2.78. The Hall–Kier alpha value is -0.840. The molecule has 1 aromatic rings. The molecule has 0 spiro atoms. The lowest BCUT2D eigenvalue weighted by atomic mass is 10.2. The lowest BCUT2D eigenvalue weighted by Gasteiger charge is -2.24. The third kappa shape index (κ3) is 3.83. The molecule has 1 fully saturated rings. The molecule has 1 aliphatic rings. The zero-order valence-corrected chi connectivity index (χ0v) is 12.0. The molecule has 6 heteroatoms. The SMILES string of the molecule is CNCC1CCCN1C(=O)c1cccnc1.Cl.Cl. The molecule has 0 aliphatic carbocycles. The number of hydrogen-bond donors (Lipinski definition) is 1. The number of hydrogen-bond acceptors (Lipinski definition) is 3. The number of carbonyl (C=O) groups excluding carboxylic acids is 1. The molecule has 102 valence electrons. The molecule has 1 aromatic heterocycles. The fourth-order valence-corrected chi connectivity index (χ4v) is 2.21. The molecule has 2 heterocycles. The van der Waals surface area contributed by atoms with E-state index in [-0.39, 0.29) is 30.7 Å². The number of pyridine rings is 1. The van der Waals surface area contributed by atoms with E-state index in [0.717, 1.165) is 25.9 Å². The minimum absolute atomic E-state index is 0. The van der Waals surface area contributed by atoms with Gasteiger partial charge in [-0.3, -0.25) is 9.78 Å². The van der Waals surface area contributed by atoms with Crippen LogP contribution in [0.4, 0.5) is 0 Å². The Morgan fingerprint density at radius 2 is 2.33 bits per heavy atom. The Morgan fingerprint density at radius 1 is 1.56 bits per heavy atom. The zero-order valence-electron chi connectivity index (χ0n) is 10.3. The van der Waals surface area contributed by atoms with Crippen LogP contribution in [0.25, 0.3) is 0 Å². The Bertz CT molecular complexity index is 362. The molecular formula is C12H19Cl2N3O. The van der Waals surface area contributed by atoms with Crippen LogP contribution in [0.15, 0.2) is 24.5 Å². The molecule has 0 saturated carbocycles. The number of likely N-dealkylation sites (tertiary alicyclic amines) is 1. The number of amides is 1. The van der Waals surface area contributed by atoms with Gasteiger partial charge < -0.3 is 10.2 Å². The average molecular weight is 292 g/mol. The summed E-state index contributed by atoms with van der Waals surface area (Å²) in [6, 6.07) is 3.96. The van der Waals surface area contributed by atoms with Crippen LogP contribution < -0.4 is 5.32 Å². The first-order valence-electron chi connectivity index (χ1n) is 5.68. The number of rotatable bonds is 3. The molecule has 2 rings (SSSR count). The van der Waals surface area contributed by atoms with Crippen molar-refractivity contribution in [2.45, 2.75) is 18.9 Å². The summed E-state index contributed by atoms with van der Waals surface area (Å²) in [6.07, 6.45) is 5.51. The van der Waals surface area contributed by atoms with Gasteiger partial charge in [0.05, 0.1) is 5.56 Å². The van der Waals surface area contributed by atoms with E-state index in [9.17, 15) is 4.79 Å². The molecule has 1 aliphatic heterocycles. The predicted octanol–water partition coefficient (Wildman–Crippen LogP) is 1.75. The third-order valence-electron chi connectivity index (χ3n) is 2.99. The van der Waals surface area contributed by atoms with Gasteiger partial charge in [-0.2, -0.15) is 0 Å². The minimum Gasteiger partial charge on any atom is -0.334 e. The van der Waals surface area contributed by atoms with Crippen molar-refractivity contribution in [1.82, 2.24) is 15.2 Å². The van der Waals surface area contributed by atoms with Gasteiger partial charge in [0, 0.05) is 31.5 Å². The monoisotopic (exact) mass is 291 g/mol. The van der Waals surface area contributed by atoms with E-state index >= 15 is 0 Å². The highest BCUT2D eigenvalue weighted by molar-refractivity contribution is 5.94. The van der Waals surface area contributed by atoms with E-state index in [4.69, 9.17) is 0 Å². The van der Waals surface area contributed by atoms with E-state index in [1.165, 1.54) is 0 Å². The van der Waals surface area contributed by atoms with Crippen LogP contribution in [0.3, 0.4) is 0 Å². The highest BCUT2D eigenvalue weighted by atomic mass is 35.5. The number of nitrogens with zero attached hydrogens (tertiary/aromatic N) is 2. The van der Waals surface area contributed by atoms with Gasteiger partial charge in [-0.05, 0) is 32.0 Å². The van der Waals surface area contributed by atoms with Crippen molar-refractivity contribution in [3.8, 4) is 0 Å². The second kappa shape index (κ2) is 8.29. The van der Waals surface area contributed by atoms with Crippen LogP contribution >= 0.6 is 24.8 Å². The lowest BCUT2D eigenvalue weighted by Crippen LogP contribution is -2.40. The van der Waals surface area contributed by atoms with Gasteiger partial charge >= 0.3 is 0 Å². The van der Waals surface area contributed by atoms with Gasteiger partial charge in [0.2, 0.25) is 0 Å². The Morgan fingerprint density at radius 3 is 2.94 bits per heavy atom. The number of aromatic nitrogens is 1. The summed E-state index contributed by atoms with van der Waals surface area (Å²) < 4.78 is 0. The Labute approximate surface area is 120 Å². The molecule has 0 bridgehead atoms. The van der Waals surface area contributed by atoms with Crippen LogP contribution in [0.1, 0.15) is 23.2 Å². The summed E-state index contributed by atoms with van der Waals surface area (Å²) in [5, 5.41) is 3.14. The summed E-state index contributed by atoms with van der Waals surface area (Å²) in [5.74, 6) is 0.103. The van der Waals surface area contributed by atoms with Gasteiger partial charge in [0.1, 0.15) is 0 Å². The quantitative estimate of drug-likeness (QED) is 0.923. The normalized spacial score (nSPS) is 17.8. The van der Waals surface area contributed by atoms with Crippen molar-refractivity contribution >= 4 is 30.7 Å². The van der Waals surface area contributed by atoms with E-state index in [1.54, 1.807) is 18.5 Å². The Balaban J connectivity index is 0.00000144. The van der Waals surface area contributed by atoms with Gasteiger partial charge in [-0.25, -0.2) is 0 Å². The largest absolute Gasteiger partial charge is 0.334 e. The van der Waals surface area contributed by atoms with Crippen molar-refractivity contribution in [1.29, 1.82) is 0 Å². The molecular weight excluding hydrogens is 273 g/mol. The van der Waals surface area contributed by atoms with Gasteiger partial charge in [-0.15, -0.1) is 24.8 Å². The second-order valence-electron chi connectivity index (χ2n) is 4.09. The fraction of sp³-hybridized carbons (Fsp3) is 0.500. The molecule has 1 unspecified atom stereocenters. The maximum absolute atomic E-state index is 12.2. The highest BCUT2D eigenvalue weighted by Crippen LogP contribution is 2.19. The van der Waals surface area contributed by atoms with Crippen molar-refractivity contribution in [3.63, 3.8) is 0 Å². The van der Waals surface area contributed by atoms with Crippen LogP contribution in [-0.2, 0) is 0 Å². The molecule has 0 radical (unpaired) electrons. The number of likely N-dealkylation sites (N-methyl/N-ethyl adjacent to an activating group) is 1. The van der Waals surface area contributed by atoms with E-state index < -0.39 is 0 Å². The van der Waals surface area contributed by atoms with Crippen LogP contribution in [0, 0.1) is 0 Å². The van der Waals surface area contributed by atoms with Crippen molar-refractivity contribution in [2.75, 3.05) is 20.1 Å². The molecule has 1 saturated heterocycles. The molecule has 1 amide bonds. The van der Waals surface area contributed by atoms with Crippen LogP contribution in [-0.4, -0.2) is 42.0 Å². The van der Waals surface area contributed by atoms with Crippen LogP contribution in [0.5, 0.6) is 0 Å². The minimum atomic E-state index is 0. The smallest absolute Gasteiger partial charge is 0.255 e. The molecule has 18 heavy (non-hydrogen) atoms. The Kier molecular flexibility index (Phi) is 7.91. The fourth-order valence-electron chi connectivity index (χ4n) is 2.21. The predicted molar refractivity (Wildman–Crippen MR) is 76.7 cm³/mol. The van der Waals surface area contributed by atoms with Crippen LogP contribution in [0.2, 0.25) is 0 Å². The molecule has 4 nitrogen and oxygen atoms in total. The highest BCUT2D eigenvalue weighted by Gasteiger charge is 2.28. The topological polar surface area (TPSA) is 45.2 Å². The summed E-state index contributed by atoms with van der Waals surface area (Å²) in [7, 11) is 1.92. The number of carbonyl (C=O) groups is 1. The third-order valence-corrected chi connectivity index (χ3v) is 2.99. The van der Waals surface area contributed by atoms with Gasteiger partial charge in [-0.1, -0.05) is 0 Å². The second-order valence-corrected chi connectivity index (χ2v) is 4.09. The summed E-state index contributed by atoms with van der Waals surface area (Å²) >= 11 is 0. The molecule has 1 N–H and O–H groups in total. The lowest BCUT2D eigenvalue weighted by molar-refractivity contribution is 0.0736. The zero-order chi connectivity index (χ0) is 11.4. The van der Waals surface area contributed by atoms with E-state index in [1.807, 2.05) is 18.0 Å². The van der Waals surface area contributed by atoms with Crippen molar-refractivity contribution in [3.05, 3.63) is 30.1 Å². The van der Waals surface area contributed by atoms with Gasteiger partial charge in [0.15, 0.2) is 0 Å². The summed E-state index contributed by atoms with van der Waals surface area (Å²) in [4.78, 5) is 18.1.